The molecule has 0 radical (unpaired) electrons. The highest BCUT2D eigenvalue weighted by atomic mass is 16.5. The fraction of sp³-hybridized carbons (Fsp3) is 1.00. The van der Waals surface area contributed by atoms with Gasteiger partial charge in [0.2, 0.25) is 0 Å². The van der Waals surface area contributed by atoms with E-state index in [1.807, 2.05) is 6.92 Å². The van der Waals surface area contributed by atoms with E-state index in [9.17, 15) is 0 Å². The molecule has 13 heavy (non-hydrogen) atoms. The molecule has 1 saturated heterocycles. The molecule has 0 aromatic carbocycles. The van der Waals surface area contributed by atoms with Gasteiger partial charge >= 0.3 is 0 Å². The largest absolute Gasteiger partial charge is 0.396 e. The van der Waals surface area contributed by atoms with E-state index in [-0.39, 0.29) is 0 Å². The summed E-state index contributed by atoms with van der Waals surface area (Å²) in [5, 5.41) is 9.02. The Bertz CT molecular complexity index is 130. The van der Waals surface area contributed by atoms with Gasteiger partial charge in [-0.15, -0.1) is 0 Å². The summed E-state index contributed by atoms with van der Waals surface area (Å²) in [7, 11) is 0. The van der Waals surface area contributed by atoms with Gasteiger partial charge < -0.3 is 14.7 Å². The molecule has 1 aliphatic heterocycles. The van der Waals surface area contributed by atoms with E-state index < -0.39 is 0 Å². The lowest BCUT2D eigenvalue weighted by molar-refractivity contribution is 0.0764. The highest BCUT2D eigenvalue weighted by Gasteiger charge is 2.18. The normalized spacial score (nSPS) is 24.9. The summed E-state index contributed by atoms with van der Waals surface area (Å²) in [5.74, 6) is 0.496. The molecule has 0 aliphatic carbocycles. The van der Waals surface area contributed by atoms with E-state index in [2.05, 4.69) is 4.90 Å². The molecule has 0 spiro atoms. The molecule has 0 aromatic rings. The molecule has 0 bridgehead atoms. The molecule has 0 unspecified atom stereocenters. The predicted octanol–water partition coefficient (Wildman–Crippen LogP) is 0.727. The first-order valence-corrected chi connectivity index (χ1v) is 5.27. The van der Waals surface area contributed by atoms with Crippen LogP contribution in [0.4, 0.5) is 0 Å². The highest BCUT2D eigenvalue weighted by molar-refractivity contribution is 4.71. The van der Waals surface area contributed by atoms with E-state index in [1.54, 1.807) is 0 Å². The van der Waals surface area contributed by atoms with Gasteiger partial charge in [0, 0.05) is 26.3 Å². The van der Waals surface area contributed by atoms with Gasteiger partial charge in [-0.25, -0.2) is 0 Å². The lowest BCUT2D eigenvalue weighted by atomic mass is 9.99. The molecule has 3 nitrogen and oxygen atoms in total. The van der Waals surface area contributed by atoms with Crippen molar-refractivity contribution in [1.29, 1.82) is 0 Å². The molecule has 1 aliphatic rings. The average molecular weight is 187 g/mol. The van der Waals surface area contributed by atoms with Crippen LogP contribution in [0.15, 0.2) is 0 Å². The Morgan fingerprint density at radius 3 is 3.08 bits per heavy atom. The Morgan fingerprint density at radius 1 is 1.54 bits per heavy atom. The molecule has 1 fully saturated rings. The minimum absolute atomic E-state index is 0.338. The second kappa shape index (κ2) is 6.35. The van der Waals surface area contributed by atoms with E-state index >= 15 is 0 Å². The fourth-order valence-electron chi connectivity index (χ4n) is 1.84. The van der Waals surface area contributed by atoms with Crippen LogP contribution in [0.3, 0.4) is 0 Å². The van der Waals surface area contributed by atoms with Crippen molar-refractivity contribution in [1.82, 2.24) is 4.90 Å². The van der Waals surface area contributed by atoms with Gasteiger partial charge in [-0.1, -0.05) is 0 Å². The monoisotopic (exact) mass is 187 g/mol. The molecular formula is C10H21NO2. The van der Waals surface area contributed by atoms with Crippen molar-refractivity contribution < 1.29 is 9.84 Å². The van der Waals surface area contributed by atoms with Crippen LogP contribution in [-0.2, 0) is 4.74 Å². The van der Waals surface area contributed by atoms with Crippen LogP contribution < -0.4 is 0 Å². The average Bonchev–Trinajstić information content (AvgIpc) is 2.19. The molecule has 3 heteroatoms. The number of nitrogens with zero attached hydrogens (tertiary/aromatic N) is 1. The number of rotatable bonds is 5. The Morgan fingerprint density at radius 2 is 2.38 bits per heavy atom. The lowest BCUT2D eigenvalue weighted by Crippen LogP contribution is -2.38. The molecule has 1 rings (SSSR count). The second-order valence-corrected chi connectivity index (χ2v) is 3.69. The molecule has 0 amide bonds. The maximum atomic E-state index is 9.02. The first-order valence-electron chi connectivity index (χ1n) is 5.27. The van der Waals surface area contributed by atoms with Crippen molar-refractivity contribution in [3.05, 3.63) is 0 Å². The Labute approximate surface area is 80.7 Å². The van der Waals surface area contributed by atoms with Crippen LogP contribution >= 0.6 is 0 Å². The Balaban J connectivity index is 2.11. The third-order valence-corrected chi connectivity index (χ3v) is 2.62. The fourth-order valence-corrected chi connectivity index (χ4v) is 1.84. The first-order chi connectivity index (χ1) is 6.36. The van der Waals surface area contributed by atoms with Crippen molar-refractivity contribution in [2.75, 3.05) is 39.5 Å². The van der Waals surface area contributed by atoms with E-state index in [1.165, 1.54) is 19.4 Å². The molecular weight excluding hydrogens is 166 g/mol. The third kappa shape index (κ3) is 4.07. The lowest BCUT2D eigenvalue weighted by Gasteiger charge is -2.31. The zero-order valence-corrected chi connectivity index (χ0v) is 8.54. The number of likely N-dealkylation sites (tertiary alicyclic amines) is 1. The number of piperidine rings is 1. The maximum Gasteiger partial charge on any atom is 0.0593 e. The zero-order chi connectivity index (χ0) is 9.52. The highest BCUT2D eigenvalue weighted by Crippen LogP contribution is 2.14. The zero-order valence-electron chi connectivity index (χ0n) is 8.54. The SMILES string of the molecule is CCOCCN1CCC[C@H](CO)C1. The van der Waals surface area contributed by atoms with Gasteiger partial charge in [0.15, 0.2) is 0 Å². The van der Waals surface area contributed by atoms with Crippen molar-refractivity contribution in [2.45, 2.75) is 19.8 Å². The van der Waals surface area contributed by atoms with Crippen LogP contribution in [-0.4, -0.2) is 49.5 Å². The van der Waals surface area contributed by atoms with Crippen LogP contribution in [0.5, 0.6) is 0 Å². The van der Waals surface area contributed by atoms with Crippen LogP contribution in [0.25, 0.3) is 0 Å². The molecule has 78 valence electrons. The first kappa shape index (κ1) is 11.0. The Kier molecular flexibility index (Phi) is 5.35. The third-order valence-electron chi connectivity index (χ3n) is 2.62. The summed E-state index contributed by atoms with van der Waals surface area (Å²) in [6.07, 6.45) is 2.40. The van der Waals surface area contributed by atoms with Crippen LogP contribution in [0, 0.1) is 5.92 Å². The van der Waals surface area contributed by atoms with Gasteiger partial charge in [-0.05, 0) is 32.2 Å². The number of hydrogen-bond acceptors (Lipinski definition) is 3. The van der Waals surface area contributed by atoms with Crippen LogP contribution in [0.2, 0.25) is 0 Å². The van der Waals surface area contributed by atoms with Gasteiger partial charge in [0.25, 0.3) is 0 Å². The second-order valence-electron chi connectivity index (χ2n) is 3.69. The smallest absolute Gasteiger partial charge is 0.0593 e. The molecule has 1 N–H and O–H groups in total. The predicted molar refractivity (Wildman–Crippen MR) is 52.7 cm³/mol. The number of aliphatic hydroxyl groups excluding tert-OH is 1. The van der Waals surface area contributed by atoms with Gasteiger partial charge in [0.05, 0.1) is 6.61 Å². The van der Waals surface area contributed by atoms with E-state index in [0.717, 1.165) is 26.3 Å². The minimum Gasteiger partial charge on any atom is -0.396 e. The van der Waals surface area contributed by atoms with Crippen molar-refractivity contribution in [2.24, 2.45) is 5.92 Å². The van der Waals surface area contributed by atoms with Gasteiger partial charge in [-0.3, -0.25) is 0 Å². The summed E-state index contributed by atoms with van der Waals surface area (Å²) in [4.78, 5) is 2.39. The maximum absolute atomic E-state index is 9.02. The minimum atomic E-state index is 0.338. The van der Waals surface area contributed by atoms with Gasteiger partial charge in [-0.2, -0.15) is 0 Å². The quantitative estimate of drug-likeness (QED) is 0.644. The Hall–Kier alpha value is -0.120. The van der Waals surface area contributed by atoms with E-state index in [4.69, 9.17) is 9.84 Å². The summed E-state index contributed by atoms with van der Waals surface area (Å²) >= 11 is 0. The standard InChI is InChI=1S/C10H21NO2/c1-2-13-7-6-11-5-3-4-10(8-11)9-12/h10,12H,2-9H2,1H3/t10-/m0/s1. The topological polar surface area (TPSA) is 32.7 Å². The summed E-state index contributed by atoms with van der Waals surface area (Å²) in [5.41, 5.74) is 0. The number of ether oxygens (including phenoxy) is 1. The molecule has 0 aromatic heterocycles. The van der Waals surface area contributed by atoms with Gasteiger partial charge in [0.1, 0.15) is 0 Å². The summed E-state index contributed by atoms with van der Waals surface area (Å²) in [6, 6.07) is 0. The van der Waals surface area contributed by atoms with Crippen molar-refractivity contribution in [3.8, 4) is 0 Å². The van der Waals surface area contributed by atoms with Crippen molar-refractivity contribution >= 4 is 0 Å². The molecule has 1 heterocycles. The van der Waals surface area contributed by atoms with Crippen molar-refractivity contribution in [3.63, 3.8) is 0 Å². The number of aliphatic hydroxyl groups is 1. The summed E-state index contributed by atoms with van der Waals surface area (Å²) in [6.45, 7) is 7.22. The molecule has 0 saturated carbocycles. The summed E-state index contributed by atoms with van der Waals surface area (Å²) < 4.78 is 5.30. The molecule has 1 atom stereocenters. The van der Waals surface area contributed by atoms with Crippen LogP contribution in [0.1, 0.15) is 19.8 Å². The number of hydrogen-bond donors (Lipinski definition) is 1. The van der Waals surface area contributed by atoms with E-state index in [0.29, 0.717) is 12.5 Å².